The molecule has 5 nitrogen and oxygen atoms in total. The minimum absolute atomic E-state index is 0.111. The van der Waals surface area contributed by atoms with Crippen molar-refractivity contribution in [2.75, 3.05) is 19.7 Å². The molecule has 112 valence electrons. The molecular formula is C13H19ClN2O3S. The molecule has 20 heavy (non-hydrogen) atoms. The van der Waals surface area contributed by atoms with Gasteiger partial charge >= 0.3 is 0 Å². The van der Waals surface area contributed by atoms with Crippen molar-refractivity contribution in [2.24, 2.45) is 11.7 Å². The second-order valence-electron chi connectivity index (χ2n) is 5.00. The van der Waals surface area contributed by atoms with E-state index in [1.54, 1.807) is 12.1 Å². The summed E-state index contributed by atoms with van der Waals surface area (Å²) in [4.78, 5) is 0.124. The monoisotopic (exact) mass is 318 g/mol. The zero-order chi connectivity index (χ0) is 14.8. The summed E-state index contributed by atoms with van der Waals surface area (Å²) >= 11 is 6.07. The van der Waals surface area contributed by atoms with E-state index in [2.05, 4.69) is 0 Å². The first-order valence-corrected chi connectivity index (χ1v) is 8.40. The number of sulfonamides is 1. The minimum atomic E-state index is -3.57. The van der Waals surface area contributed by atoms with Gasteiger partial charge in [-0.05, 0) is 36.5 Å². The van der Waals surface area contributed by atoms with E-state index < -0.39 is 10.0 Å². The van der Waals surface area contributed by atoms with Crippen molar-refractivity contribution in [1.29, 1.82) is 0 Å². The third-order valence-corrected chi connectivity index (χ3v) is 6.06. The Labute approximate surface area is 124 Å². The number of hydrogen-bond donors (Lipinski definition) is 2. The van der Waals surface area contributed by atoms with Crippen molar-refractivity contribution < 1.29 is 13.5 Å². The van der Waals surface area contributed by atoms with Crippen molar-refractivity contribution >= 4 is 21.6 Å². The predicted molar refractivity (Wildman–Crippen MR) is 77.9 cm³/mol. The van der Waals surface area contributed by atoms with Crippen LogP contribution in [0.1, 0.15) is 18.4 Å². The van der Waals surface area contributed by atoms with Gasteiger partial charge in [0.2, 0.25) is 10.0 Å². The molecule has 3 N–H and O–H groups in total. The molecule has 0 unspecified atom stereocenters. The minimum Gasteiger partial charge on any atom is -0.396 e. The van der Waals surface area contributed by atoms with Crippen molar-refractivity contribution in [3.05, 3.63) is 28.8 Å². The summed E-state index contributed by atoms with van der Waals surface area (Å²) in [5.74, 6) is 0.191. The van der Waals surface area contributed by atoms with Crippen LogP contribution in [0.2, 0.25) is 5.02 Å². The molecule has 1 aromatic rings. The first-order chi connectivity index (χ1) is 9.48. The molecule has 0 spiro atoms. The third kappa shape index (κ3) is 3.15. The number of halogens is 1. The summed E-state index contributed by atoms with van der Waals surface area (Å²) in [6.45, 7) is 1.27. The Morgan fingerprint density at radius 1 is 1.35 bits per heavy atom. The summed E-state index contributed by atoms with van der Waals surface area (Å²) in [5, 5.41) is 9.30. The van der Waals surface area contributed by atoms with Gasteiger partial charge in [-0.2, -0.15) is 4.31 Å². The molecule has 1 saturated heterocycles. The summed E-state index contributed by atoms with van der Waals surface area (Å²) in [5.41, 5.74) is 6.31. The van der Waals surface area contributed by atoms with Gasteiger partial charge in [0, 0.05) is 26.2 Å². The van der Waals surface area contributed by atoms with E-state index in [-0.39, 0.29) is 22.4 Å². The number of rotatable bonds is 4. The van der Waals surface area contributed by atoms with E-state index in [0.717, 1.165) is 5.56 Å². The van der Waals surface area contributed by atoms with Crippen LogP contribution in [0.4, 0.5) is 0 Å². The molecule has 7 heteroatoms. The molecule has 0 radical (unpaired) electrons. The summed E-state index contributed by atoms with van der Waals surface area (Å²) in [6, 6.07) is 4.78. The number of aliphatic hydroxyl groups excluding tert-OH is 1. The average molecular weight is 319 g/mol. The number of nitrogens with zero attached hydrogens (tertiary/aromatic N) is 1. The van der Waals surface area contributed by atoms with Gasteiger partial charge in [0.25, 0.3) is 0 Å². The van der Waals surface area contributed by atoms with Gasteiger partial charge in [-0.15, -0.1) is 0 Å². The van der Waals surface area contributed by atoms with Crippen LogP contribution in [0, 0.1) is 5.92 Å². The maximum Gasteiger partial charge on any atom is 0.244 e. The van der Waals surface area contributed by atoms with Gasteiger partial charge in [-0.3, -0.25) is 0 Å². The van der Waals surface area contributed by atoms with E-state index in [4.69, 9.17) is 22.4 Å². The fourth-order valence-electron chi connectivity index (χ4n) is 2.35. The molecule has 2 rings (SSSR count). The highest BCUT2D eigenvalue weighted by Gasteiger charge is 2.30. The molecule has 0 atom stereocenters. The maximum atomic E-state index is 12.6. The predicted octanol–water partition coefficient (Wildman–Crippen LogP) is 1.19. The van der Waals surface area contributed by atoms with Gasteiger partial charge in [-0.1, -0.05) is 17.7 Å². The van der Waals surface area contributed by atoms with E-state index >= 15 is 0 Å². The van der Waals surface area contributed by atoms with Crippen molar-refractivity contribution in [2.45, 2.75) is 24.3 Å². The number of nitrogens with two attached hydrogens (primary N) is 1. The van der Waals surface area contributed by atoms with Crippen LogP contribution in [0.5, 0.6) is 0 Å². The molecule has 1 aromatic carbocycles. The average Bonchev–Trinajstić information content (AvgIpc) is 2.46. The Kier molecular flexibility index (Phi) is 5.04. The summed E-state index contributed by atoms with van der Waals surface area (Å²) in [7, 11) is -3.57. The normalized spacial score (nSPS) is 18.4. The zero-order valence-electron chi connectivity index (χ0n) is 11.1. The molecule has 0 amide bonds. The molecule has 0 aromatic heterocycles. The Morgan fingerprint density at radius 3 is 2.50 bits per heavy atom. The van der Waals surface area contributed by atoms with Gasteiger partial charge in [0.15, 0.2) is 0 Å². The lowest BCUT2D eigenvalue weighted by atomic mass is 10.00. The molecular weight excluding hydrogens is 300 g/mol. The van der Waals surface area contributed by atoms with Crippen LogP contribution in [0.25, 0.3) is 0 Å². The van der Waals surface area contributed by atoms with Gasteiger partial charge in [-0.25, -0.2) is 8.42 Å². The SMILES string of the molecule is NCc1ccc(S(=O)(=O)N2CCC(CO)CC2)c(Cl)c1. The lowest BCUT2D eigenvalue weighted by molar-refractivity contribution is 0.170. The molecule has 0 saturated carbocycles. The van der Waals surface area contributed by atoms with E-state index in [0.29, 0.717) is 32.5 Å². The van der Waals surface area contributed by atoms with E-state index in [1.165, 1.54) is 10.4 Å². The van der Waals surface area contributed by atoms with Gasteiger partial charge < -0.3 is 10.8 Å². The fourth-order valence-corrected chi connectivity index (χ4v) is 4.36. The second kappa shape index (κ2) is 6.41. The topological polar surface area (TPSA) is 83.6 Å². The quantitative estimate of drug-likeness (QED) is 0.873. The molecule has 1 fully saturated rings. The highest BCUT2D eigenvalue weighted by molar-refractivity contribution is 7.89. The van der Waals surface area contributed by atoms with Crippen LogP contribution < -0.4 is 5.73 Å². The molecule has 0 aliphatic carbocycles. The van der Waals surface area contributed by atoms with E-state index in [9.17, 15) is 8.42 Å². The number of benzene rings is 1. The van der Waals surface area contributed by atoms with E-state index in [1.807, 2.05) is 0 Å². The second-order valence-corrected chi connectivity index (χ2v) is 7.31. The highest BCUT2D eigenvalue weighted by Crippen LogP contribution is 2.28. The zero-order valence-corrected chi connectivity index (χ0v) is 12.7. The van der Waals surface area contributed by atoms with Gasteiger partial charge in [0.1, 0.15) is 4.90 Å². The number of piperidine rings is 1. The summed E-state index contributed by atoms with van der Waals surface area (Å²) < 4.78 is 26.5. The molecule has 1 aliphatic heterocycles. The first kappa shape index (κ1) is 15.7. The lowest BCUT2D eigenvalue weighted by Gasteiger charge is -2.30. The Hall–Kier alpha value is -0.660. The lowest BCUT2D eigenvalue weighted by Crippen LogP contribution is -2.39. The smallest absolute Gasteiger partial charge is 0.244 e. The van der Waals surface area contributed by atoms with Crippen molar-refractivity contribution in [3.8, 4) is 0 Å². The third-order valence-electron chi connectivity index (χ3n) is 3.68. The highest BCUT2D eigenvalue weighted by atomic mass is 35.5. The van der Waals surface area contributed by atoms with Crippen molar-refractivity contribution in [1.82, 2.24) is 4.31 Å². The Morgan fingerprint density at radius 2 is 2.00 bits per heavy atom. The van der Waals surface area contributed by atoms with Crippen LogP contribution in [0.3, 0.4) is 0 Å². The van der Waals surface area contributed by atoms with Gasteiger partial charge in [0.05, 0.1) is 5.02 Å². The largest absolute Gasteiger partial charge is 0.396 e. The fraction of sp³-hybridized carbons (Fsp3) is 0.538. The Balaban J connectivity index is 2.23. The molecule has 0 bridgehead atoms. The number of aliphatic hydroxyl groups is 1. The Bertz CT molecular complexity index is 569. The molecule has 1 heterocycles. The first-order valence-electron chi connectivity index (χ1n) is 6.58. The van der Waals surface area contributed by atoms with Crippen LogP contribution in [-0.4, -0.2) is 37.5 Å². The standard InChI is InChI=1S/C13H19ClN2O3S/c14-12-7-11(8-15)1-2-13(12)20(18,19)16-5-3-10(9-17)4-6-16/h1-2,7,10,17H,3-6,8-9,15H2. The molecule has 1 aliphatic rings. The van der Waals surface area contributed by atoms with Crippen LogP contribution >= 0.6 is 11.6 Å². The van der Waals surface area contributed by atoms with Crippen LogP contribution in [-0.2, 0) is 16.6 Å². The number of hydrogen-bond acceptors (Lipinski definition) is 4. The van der Waals surface area contributed by atoms with Crippen LogP contribution in [0.15, 0.2) is 23.1 Å². The maximum absolute atomic E-state index is 12.6. The van der Waals surface area contributed by atoms with Crippen molar-refractivity contribution in [3.63, 3.8) is 0 Å². The summed E-state index contributed by atoms with van der Waals surface area (Å²) in [6.07, 6.45) is 1.35.